The van der Waals surface area contributed by atoms with Gasteiger partial charge < -0.3 is 15.2 Å². The van der Waals surface area contributed by atoms with Gasteiger partial charge in [0.1, 0.15) is 17.3 Å². The Bertz CT molecular complexity index is 619. The van der Waals surface area contributed by atoms with Crippen molar-refractivity contribution < 1.29 is 9.47 Å². The van der Waals surface area contributed by atoms with Crippen molar-refractivity contribution in [3.05, 3.63) is 64.7 Å². The lowest BCUT2D eigenvalue weighted by Gasteiger charge is -2.08. The van der Waals surface area contributed by atoms with Crippen molar-refractivity contribution in [2.24, 2.45) is 5.73 Å². The summed E-state index contributed by atoms with van der Waals surface area (Å²) in [5.41, 5.74) is 7.41. The molecular weight excluding hydrogens is 306 g/mol. The summed E-state index contributed by atoms with van der Waals surface area (Å²) in [5, 5.41) is 0.710. The number of hydrogen-bond acceptors (Lipinski definition) is 3. The minimum Gasteiger partial charge on any atom is -0.491 e. The third kappa shape index (κ3) is 5.34. The molecule has 0 spiro atoms. The van der Waals surface area contributed by atoms with Crippen molar-refractivity contribution >= 4 is 28.8 Å². The molecule has 2 aromatic rings. The van der Waals surface area contributed by atoms with Crippen LogP contribution in [0.3, 0.4) is 0 Å². The summed E-state index contributed by atoms with van der Waals surface area (Å²) < 4.78 is 11.1. The van der Waals surface area contributed by atoms with Crippen LogP contribution in [-0.2, 0) is 11.3 Å². The molecule has 0 aromatic heterocycles. The molecule has 0 aliphatic heterocycles. The summed E-state index contributed by atoms with van der Waals surface area (Å²) >= 11 is 10.8. The fourth-order valence-electron chi connectivity index (χ4n) is 1.77. The van der Waals surface area contributed by atoms with Gasteiger partial charge in [-0.05, 0) is 29.8 Å². The van der Waals surface area contributed by atoms with E-state index < -0.39 is 0 Å². The molecule has 2 aromatic carbocycles. The minimum absolute atomic E-state index is 0.359. The smallest absolute Gasteiger partial charge is 0.120 e. The van der Waals surface area contributed by atoms with Crippen LogP contribution in [-0.4, -0.2) is 18.2 Å². The first kappa shape index (κ1) is 15.8. The molecular formula is C16H16ClNO2S. The Morgan fingerprint density at radius 1 is 1.10 bits per heavy atom. The fourth-order valence-corrected chi connectivity index (χ4v) is 2.11. The van der Waals surface area contributed by atoms with Crippen molar-refractivity contribution in [3.63, 3.8) is 0 Å². The summed E-state index contributed by atoms with van der Waals surface area (Å²) in [7, 11) is 0. The number of nitrogens with two attached hydrogens (primary N) is 1. The van der Waals surface area contributed by atoms with E-state index in [1.54, 1.807) is 0 Å². The monoisotopic (exact) mass is 321 g/mol. The van der Waals surface area contributed by atoms with E-state index in [4.69, 9.17) is 39.0 Å². The van der Waals surface area contributed by atoms with Gasteiger partial charge in [0.25, 0.3) is 0 Å². The van der Waals surface area contributed by atoms with Gasteiger partial charge in [0, 0.05) is 10.6 Å². The van der Waals surface area contributed by atoms with Gasteiger partial charge in [-0.1, -0.05) is 48.1 Å². The van der Waals surface area contributed by atoms with E-state index in [-0.39, 0.29) is 0 Å². The number of benzene rings is 2. The molecule has 0 unspecified atom stereocenters. The molecule has 0 bridgehead atoms. The van der Waals surface area contributed by atoms with Crippen molar-refractivity contribution in [1.82, 2.24) is 0 Å². The largest absolute Gasteiger partial charge is 0.491 e. The standard InChI is InChI=1S/C16H16ClNO2S/c17-14-5-1-3-12(9-14)11-19-7-8-20-15-6-2-4-13(10-15)16(18)21/h1-6,9-10H,7-8,11H2,(H2,18,21). The zero-order valence-electron chi connectivity index (χ0n) is 11.4. The van der Waals surface area contributed by atoms with Crippen LogP contribution < -0.4 is 10.5 Å². The van der Waals surface area contributed by atoms with Crippen LogP contribution >= 0.6 is 23.8 Å². The Balaban J connectivity index is 1.72. The van der Waals surface area contributed by atoms with Gasteiger partial charge in [-0.2, -0.15) is 0 Å². The first-order valence-corrected chi connectivity index (χ1v) is 7.28. The Hall–Kier alpha value is -1.62. The zero-order chi connectivity index (χ0) is 15.1. The lowest BCUT2D eigenvalue weighted by atomic mass is 10.2. The predicted octanol–water partition coefficient (Wildman–Crippen LogP) is 3.57. The minimum atomic E-state index is 0.359. The highest BCUT2D eigenvalue weighted by atomic mass is 35.5. The summed E-state index contributed by atoms with van der Waals surface area (Å²) in [6, 6.07) is 15.0. The molecule has 0 amide bonds. The maximum atomic E-state index is 5.90. The van der Waals surface area contributed by atoms with E-state index in [2.05, 4.69) is 0 Å². The topological polar surface area (TPSA) is 44.5 Å². The fraction of sp³-hybridized carbons (Fsp3) is 0.188. The van der Waals surface area contributed by atoms with E-state index in [1.165, 1.54) is 0 Å². The van der Waals surface area contributed by atoms with Crippen molar-refractivity contribution in [2.45, 2.75) is 6.61 Å². The highest BCUT2D eigenvalue weighted by Crippen LogP contribution is 2.14. The lowest BCUT2D eigenvalue weighted by molar-refractivity contribution is 0.0889. The van der Waals surface area contributed by atoms with Crippen molar-refractivity contribution in [2.75, 3.05) is 13.2 Å². The van der Waals surface area contributed by atoms with Crippen LogP contribution in [0.15, 0.2) is 48.5 Å². The molecule has 2 rings (SSSR count). The van der Waals surface area contributed by atoms with E-state index in [0.717, 1.165) is 16.9 Å². The third-order valence-electron chi connectivity index (χ3n) is 2.77. The van der Waals surface area contributed by atoms with Gasteiger partial charge in [0.2, 0.25) is 0 Å². The van der Waals surface area contributed by atoms with E-state index >= 15 is 0 Å². The van der Waals surface area contributed by atoms with Gasteiger partial charge in [0.15, 0.2) is 0 Å². The van der Waals surface area contributed by atoms with Crippen molar-refractivity contribution in [3.8, 4) is 5.75 Å². The quantitative estimate of drug-likeness (QED) is 0.625. The Labute approximate surface area is 134 Å². The molecule has 0 aliphatic rings. The molecule has 3 nitrogen and oxygen atoms in total. The first-order valence-electron chi connectivity index (χ1n) is 6.50. The average Bonchev–Trinajstić information content (AvgIpc) is 2.47. The second-order valence-electron chi connectivity index (χ2n) is 4.42. The first-order chi connectivity index (χ1) is 10.1. The number of ether oxygens (including phenoxy) is 2. The van der Waals surface area contributed by atoms with E-state index in [9.17, 15) is 0 Å². The summed E-state index contributed by atoms with van der Waals surface area (Å²) in [6.07, 6.45) is 0. The van der Waals surface area contributed by atoms with E-state index in [1.807, 2.05) is 48.5 Å². The van der Waals surface area contributed by atoms with Gasteiger partial charge in [0.05, 0.1) is 13.2 Å². The van der Waals surface area contributed by atoms with Crippen LogP contribution in [0.5, 0.6) is 5.75 Å². The molecule has 0 heterocycles. The van der Waals surface area contributed by atoms with Gasteiger partial charge in [-0.15, -0.1) is 0 Å². The average molecular weight is 322 g/mol. The maximum Gasteiger partial charge on any atom is 0.120 e. The van der Waals surface area contributed by atoms with Crippen LogP contribution in [0.25, 0.3) is 0 Å². The molecule has 21 heavy (non-hydrogen) atoms. The second-order valence-corrected chi connectivity index (χ2v) is 5.30. The summed E-state index contributed by atoms with van der Waals surface area (Å²) in [6.45, 7) is 1.46. The van der Waals surface area contributed by atoms with Crippen molar-refractivity contribution in [1.29, 1.82) is 0 Å². The molecule has 0 saturated carbocycles. The number of hydrogen-bond donors (Lipinski definition) is 1. The summed E-state index contributed by atoms with van der Waals surface area (Å²) in [4.78, 5) is 0.359. The lowest BCUT2D eigenvalue weighted by Crippen LogP contribution is -2.10. The van der Waals surface area contributed by atoms with Crippen LogP contribution in [0.1, 0.15) is 11.1 Å². The van der Waals surface area contributed by atoms with E-state index in [0.29, 0.717) is 29.8 Å². The van der Waals surface area contributed by atoms with Crippen LogP contribution in [0.2, 0.25) is 5.02 Å². The molecule has 110 valence electrons. The van der Waals surface area contributed by atoms with Gasteiger partial charge >= 0.3 is 0 Å². The molecule has 0 saturated heterocycles. The maximum absolute atomic E-state index is 5.90. The van der Waals surface area contributed by atoms with Gasteiger partial charge in [-0.25, -0.2) is 0 Å². The molecule has 5 heteroatoms. The summed E-state index contributed by atoms with van der Waals surface area (Å²) in [5.74, 6) is 0.728. The number of halogens is 1. The molecule has 2 N–H and O–H groups in total. The van der Waals surface area contributed by atoms with Crippen LogP contribution in [0.4, 0.5) is 0 Å². The van der Waals surface area contributed by atoms with Gasteiger partial charge in [-0.3, -0.25) is 0 Å². The Morgan fingerprint density at radius 2 is 1.90 bits per heavy atom. The SMILES string of the molecule is NC(=S)c1cccc(OCCOCc2cccc(Cl)c2)c1. The normalized spacial score (nSPS) is 10.3. The number of thiocarbonyl (C=S) groups is 1. The number of rotatable bonds is 7. The molecule has 0 fully saturated rings. The van der Waals surface area contributed by atoms with Crippen LogP contribution in [0, 0.1) is 0 Å². The zero-order valence-corrected chi connectivity index (χ0v) is 13.0. The Morgan fingerprint density at radius 3 is 2.67 bits per heavy atom. The molecule has 0 atom stereocenters. The second kappa shape index (κ2) is 7.98. The Kier molecular flexibility index (Phi) is 5.99. The highest BCUT2D eigenvalue weighted by Gasteiger charge is 2.00. The predicted molar refractivity (Wildman–Crippen MR) is 88.9 cm³/mol. The molecule has 0 aliphatic carbocycles. The molecule has 0 radical (unpaired) electrons. The third-order valence-corrected chi connectivity index (χ3v) is 3.24. The highest BCUT2D eigenvalue weighted by molar-refractivity contribution is 7.80.